The molecular formula is C24H29F3N2O3. The summed E-state index contributed by atoms with van der Waals surface area (Å²) < 4.78 is 45.2. The molecule has 1 aliphatic carbocycles. The van der Waals surface area contributed by atoms with E-state index in [2.05, 4.69) is 11.5 Å². The zero-order valence-electron chi connectivity index (χ0n) is 18.2. The van der Waals surface area contributed by atoms with Crippen molar-refractivity contribution in [2.24, 2.45) is 0 Å². The van der Waals surface area contributed by atoms with Crippen LogP contribution in [0.1, 0.15) is 37.3 Å². The molecule has 1 aromatic rings. The number of ketones is 1. The summed E-state index contributed by atoms with van der Waals surface area (Å²) in [4.78, 5) is 27.6. The Morgan fingerprint density at radius 2 is 1.94 bits per heavy atom. The van der Waals surface area contributed by atoms with E-state index in [1.165, 1.54) is 12.1 Å². The molecule has 2 aliphatic rings. The summed E-state index contributed by atoms with van der Waals surface area (Å²) >= 11 is 0. The molecule has 1 aromatic carbocycles. The average Bonchev–Trinajstić information content (AvgIpc) is 2.77. The fourth-order valence-corrected chi connectivity index (χ4v) is 4.32. The predicted molar refractivity (Wildman–Crippen MR) is 115 cm³/mol. The molecule has 1 aliphatic heterocycles. The number of amides is 1. The zero-order valence-corrected chi connectivity index (χ0v) is 18.2. The van der Waals surface area contributed by atoms with Crippen LogP contribution in [0.15, 0.2) is 48.6 Å². The Labute approximate surface area is 186 Å². The number of alkyl halides is 3. The van der Waals surface area contributed by atoms with Crippen LogP contribution in [-0.4, -0.2) is 59.8 Å². The summed E-state index contributed by atoms with van der Waals surface area (Å²) in [6.07, 6.45) is 0.251. The van der Waals surface area contributed by atoms with E-state index < -0.39 is 11.7 Å². The van der Waals surface area contributed by atoms with Gasteiger partial charge in [0.25, 0.3) is 0 Å². The molecule has 3 rings (SSSR count). The number of nitrogens with zero attached hydrogens (tertiary/aromatic N) is 2. The van der Waals surface area contributed by atoms with Gasteiger partial charge in [-0.25, -0.2) is 0 Å². The standard InChI is InChI=1S/C24H29F3N2O3/c1-3-21(31)14-18-7-8-23(22(15-18)29-11-9-28(10-12-29)17(2)30)32-16-19-5-4-6-20(13-19)24(25,26)27/h3-7,13,22-23H,1,8-12,14-16H2,2H3/t22-,23-/m1/s1. The number of halogens is 3. The maximum atomic E-state index is 13.0. The normalized spacial score (nSPS) is 22.4. The monoisotopic (exact) mass is 450 g/mol. The van der Waals surface area contributed by atoms with Crippen LogP contribution >= 0.6 is 0 Å². The number of benzene rings is 1. The molecule has 0 radical (unpaired) electrons. The molecule has 32 heavy (non-hydrogen) atoms. The van der Waals surface area contributed by atoms with Gasteiger partial charge < -0.3 is 9.64 Å². The maximum absolute atomic E-state index is 13.0. The van der Waals surface area contributed by atoms with Crippen molar-refractivity contribution in [1.82, 2.24) is 9.80 Å². The lowest BCUT2D eigenvalue weighted by Crippen LogP contribution is -2.55. The summed E-state index contributed by atoms with van der Waals surface area (Å²) in [7, 11) is 0. The number of allylic oxidation sites excluding steroid dienone is 1. The average molecular weight is 451 g/mol. The number of hydrogen-bond acceptors (Lipinski definition) is 4. The van der Waals surface area contributed by atoms with Gasteiger partial charge >= 0.3 is 6.18 Å². The van der Waals surface area contributed by atoms with E-state index in [1.807, 2.05) is 6.08 Å². The van der Waals surface area contributed by atoms with Gasteiger partial charge in [0.1, 0.15) is 0 Å². The molecule has 1 saturated heterocycles. The van der Waals surface area contributed by atoms with Crippen molar-refractivity contribution in [3.63, 3.8) is 0 Å². The highest BCUT2D eigenvalue weighted by molar-refractivity contribution is 5.90. The van der Waals surface area contributed by atoms with Gasteiger partial charge in [-0.05, 0) is 36.6 Å². The summed E-state index contributed by atoms with van der Waals surface area (Å²) in [5.74, 6) is 0.00235. The molecule has 0 unspecified atom stereocenters. The lowest BCUT2D eigenvalue weighted by molar-refractivity contribution is -0.137. The third kappa shape index (κ3) is 6.29. The summed E-state index contributed by atoms with van der Waals surface area (Å²) in [6, 6.07) is 5.18. The quantitative estimate of drug-likeness (QED) is 0.466. The van der Waals surface area contributed by atoms with E-state index in [9.17, 15) is 22.8 Å². The van der Waals surface area contributed by atoms with Crippen LogP contribution in [0.5, 0.6) is 0 Å². The van der Waals surface area contributed by atoms with Crippen LogP contribution in [0, 0.1) is 0 Å². The van der Waals surface area contributed by atoms with Crippen molar-refractivity contribution in [2.45, 2.75) is 51.1 Å². The minimum Gasteiger partial charge on any atom is -0.372 e. The number of hydrogen-bond donors (Lipinski definition) is 0. The molecule has 8 heteroatoms. The van der Waals surface area contributed by atoms with E-state index in [-0.39, 0.29) is 30.4 Å². The number of piperazine rings is 1. The van der Waals surface area contributed by atoms with E-state index >= 15 is 0 Å². The number of carbonyl (C=O) groups is 2. The Kier molecular flexibility index (Phi) is 7.90. The maximum Gasteiger partial charge on any atom is 0.416 e. The summed E-state index contributed by atoms with van der Waals surface area (Å²) in [5, 5.41) is 0. The van der Waals surface area contributed by atoms with Gasteiger partial charge in [0, 0.05) is 45.6 Å². The molecule has 2 atom stereocenters. The van der Waals surface area contributed by atoms with Gasteiger partial charge in [0.05, 0.1) is 18.3 Å². The van der Waals surface area contributed by atoms with Crippen LogP contribution in [0.3, 0.4) is 0 Å². The highest BCUT2D eigenvalue weighted by Crippen LogP contribution is 2.31. The fourth-order valence-electron chi connectivity index (χ4n) is 4.32. The van der Waals surface area contributed by atoms with Gasteiger partial charge in [0.15, 0.2) is 5.78 Å². The minimum atomic E-state index is -4.39. The highest BCUT2D eigenvalue weighted by atomic mass is 19.4. The first-order valence-corrected chi connectivity index (χ1v) is 10.8. The van der Waals surface area contributed by atoms with Crippen molar-refractivity contribution in [3.8, 4) is 0 Å². The third-order valence-corrected chi connectivity index (χ3v) is 6.12. The topological polar surface area (TPSA) is 49.9 Å². The lowest BCUT2D eigenvalue weighted by Gasteiger charge is -2.43. The number of rotatable bonds is 7. The fraction of sp³-hybridized carbons (Fsp3) is 0.500. The van der Waals surface area contributed by atoms with E-state index in [0.717, 1.165) is 17.7 Å². The third-order valence-electron chi connectivity index (χ3n) is 6.12. The Morgan fingerprint density at radius 1 is 1.22 bits per heavy atom. The molecule has 1 amide bonds. The first-order chi connectivity index (χ1) is 15.2. The van der Waals surface area contributed by atoms with Crippen LogP contribution in [0.25, 0.3) is 0 Å². The van der Waals surface area contributed by atoms with Gasteiger partial charge in [-0.3, -0.25) is 14.5 Å². The van der Waals surface area contributed by atoms with Crippen molar-refractivity contribution in [3.05, 3.63) is 59.7 Å². The molecule has 0 bridgehead atoms. The second-order valence-electron chi connectivity index (χ2n) is 8.31. The minimum absolute atomic E-state index is 0.00692. The van der Waals surface area contributed by atoms with Gasteiger partial charge in [-0.1, -0.05) is 30.4 Å². The van der Waals surface area contributed by atoms with Gasteiger partial charge in [-0.15, -0.1) is 0 Å². The van der Waals surface area contributed by atoms with Crippen LogP contribution in [0.2, 0.25) is 0 Å². The second kappa shape index (κ2) is 10.4. The molecule has 0 N–H and O–H groups in total. The van der Waals surface area contributed by atoms with Crippen LogP contribution in [-0.2, 0) is 27.1 Å². The predicted octanol–water partition coefficient (Wildman–Crippen LogP) is 3.99. The smallest absolute Gasteiger partial charge is 0.372 e. The summed E-state index contributed by atoms with van der Waals surface area (Å²) in [6.45, 7) is 7.79. The van der Waals surface area contributed by atoms with Gasteiger partial charge in [0.2, 0.25) is 5.91 Å². The molecule has 5 nitrogen and oxygen atoms in total. The number of ether oxygens (including phenoxy) is 1. The van der Waals surface area contributed by atoms with E-state index in [1.54, 1.807) is 17.9 Å². The Bertz CT molecular complexity index is 873. The van der Waals surface area contributed by atoms with Crippen molar-refractivity contribution >= 4 is 11.7 Å². The van der Waals surface area contributed by atoms with Crippen LogP contribution < -0.4 is 0 Å². The van der Waals surface area contributed by atoms with Crippen molar-refractivity contribution in [1.29, 1.82) is 0 Å². The molecule has 174 valence electrons. The highest BCUT2D eigenvalue weighted by Gasteiger charge is 2.34. The SMILES string of the molecule is C=CC(=O)CC1=CC[C@@H](OCc2cccc(C(F)(F)F)c2)[C@H](N2CCN(C(C)=O)CC2)C1. The molecular weight excluding hydrogens is 421 g/mol. The molecule has 0 saturated carbocycles. The Morgan fingerprint density at radius 3 is 2.56 bits per heavy atom. The molecule has 1 fully saturated rings. The van der Waals surface area contributed by atoms with Gasteiger partial charge in [-0.2, -0.15) is 13.2 Å². The molecule has 1 heterocycles. The number of carbonyl (C=O) groups excluding carboxylic acids is 2. The summed E-state index contributed by atoms with van der Waals surface area (Å²) in [5.41, 5.74) is 0.800. The largest absolute Gasteiger partial charge is 0.416 e. The van der Waals surface area contributed by atoms with Crippen molar-refractivity contribution in [2.75, 3.05) is 26.2 Å². The Hall–Kier alpha value is -2.45. The zero-order chi connectivity index (χ0) is 23.3. The first kappa shape index (κ1) is 24.2. The van der Waals surface area contributed by atoms with E-state index in [4.69, 9.17) is 4.74 Å². The molecule has 0 spiro atoms. The Balaban J connectivity index is 1.71. The van der Waals surface area contributed by atoms with E-state index in [0.29, 0.717) is 51.0 Å². The second-order valence-corrected chi connectivity index (χ2v) is 8.31. The van der Waals surface area contributed by atoms with Crippen LogP contribution in [0.4, 0.5) is 13.2 Å². The van der Waals surface area contributed by atoms with Crippen molar-refractivity contribution < 1.29 is 27.5 Å². The first-order valence-electron chi connectivity index (χ1n) is 10.8. The lowest BCUT2D eigenvalue weighted by atomic mass is 9.88. The molecule has 0 aromatic heterocycles.